The Hall–Kier alpha value is -3.98. The topological polar surface area (TPSA) is 111 Å². The lowest BCUT2D eigenvalue weighted by molar-refractivity contribution is -0.384. The Balaban J connectivity index is 1.63. The van der Waals surface area contributed by atoms with Gasteiger partial charge in [0.1, 0.15) is 14.7 Å². The molecule has 0 bridgehead atoms. The molecule has 0 saturated carbocycles. The summed E-state index contributed by atoms with van der Waals surface area (Å²) in [4.78, 5) is 29.4. The number of halogens is 2. The molecule has 5 rings (SSSR count). The van der Waals surface area contributed by atoms with Gasteiger partial charge in [-0.1, -0.05) is 65.7 Å². The van der Waals surface area contributed by atoms with Crippen LogP contribution in [0.1, 0.15) is 9.67 Å². The molecule has 3 aromatic carbocycles. The van der Waals surface area contributed by atoms with E-state index in [-0.39, 0.29) is 27.0 Å². The summed E-state index contributed by atoms with van der Waals surface area (Å²) in [7, 11) is 0. The lowest BCUT2D eigenvalue weighted by Crippen LogP contribution is -2.12. The average molecular weight is 535 g/mol. The third-order valence-electron chi connectivity index (χ3n) is 5.53. The molecule has 0 unspecified atom stereocenters. The monoisotopic (exact) mass is 534 g/mol. The van der Waals surface area contributed by atoms with Gasteiger partial charge in [0, 0.05) is 27.7 Å². The molecule has 0 atom stereocenters. The number of benzene rings is 3. The number of anilines is 2. The number of nitro groups is 1. The fourth-order valence-electron chi connectivity index (χ4n) is 3.82. The van der Waals surface area contributed by atoms with Crippen LogP contribution in [0.5, 0.6) is 0 Å². The number of pyridine rings is 1. The van der Waals surface area contributed by atoms with E-state index in [0.717, 1.165) is 33.7 Å². The number of amides is 1. The normalized spacial score (nSPS) is 10.9. The third kappa shape index (κ3) is 4.49. The zero-order valence-electron chi connectivity index (χ0n) is 18.4. The van der Waals surface area contributed by atoms with Gasteiger partial charge in [0.25, 0.3) is 11.6 Å². The number of hydrogen-bond donors (Lipinski definition) is 2. The van der Waals surface area contributed by atoms with Crippen LogP contribution in [0.25, 0.3) is 32.6 Å². The van der Waals surface area contributed by atoms with Crippen LogP contribution in [-0.2, 0) is 0 Å². The van der Waals surface area contributed by atoms with Crippen LogP contribution in [0.4, 0.5) is 17.1 Å². The van der Waals surface area contributed by atoms with Crippen molar-refractivity contribution in [3.8, 4) is 22.4 Å². The predicted octanol–water partition coefficient (Wildman–Crippen LogP) is 7.68. The number of fused-ring (bicyclic) bond motifs is 1. The number of aromatic nitrogens is 1. The van der Waals surface area contributed by atoms with Crippen LogP contribution in [0.3, 0.4) is 0 Å². The van der Waals surface area contributed by atoms with Crippen molar-refractivity contribution in [2.45, 2.75) is 0 Å². The molecule has 2 aromatic heterocycles. The molecule has 0 radical (unpaired) electrons. The molecule has 5 aromatic rings. The summed E-state index contributed by atoms with van der Waals surface area (Å²) < 4.78 is 0. The number of nitro benzene ring substituents is 1. The molecule has 2 heterocycles. The fraction of sp³-hybridized carbons (Fsp3) is 0. The standard InChI is InChI=1S/C26H16Cl2N4O3S/c27-16-8-6-14(7-9-16)18-13-20(15-4-2-1-3-5-15)31-26-22(18)23(29)24(36-26)25(33)30-17-10-11-19(28)21(12-17)32(34)35/h1-13H,29H2,(H,30,33). The van der Waals surface area contributed by atoms with Gasteiger partial charge in [0.15, 0.2) is 0 Å². The Kier molecular flexibility index (Phi) is 6.32. The summed E-state index contributed by atoms with van der Waals surface area (Å²) in [6.45, 7) is 0. The zero-order valence-corrected chi connectivity index (χ0v) is 20.7. The van der Waals surface area contributed by atoms with Crippen LogP contribution in [0, 0.1) is 10.1 Å². The second kappa shape index (κ2) is 9.58. The van der Waals surface area contributed by atoms with Crippen molar-refractivity contribution in [3.63, 3.8) is 0 Å². The molecule has 0 spiro atoms. The Labute approximate surface area is 219 Å². The van der Waals surface area contributed by atoms with E-state index < -0.39 is 10.8 Å². The van der Waals surface area contributed by atoms with Gasteiger partial charge in [-0.2, -0.15) is 0 Å². The van der Waals surface area contributed by atoms with E-state index in [1.807, 2.05) is 48.5 Å². The maximum Gasteiger partial charge on any atom is 0.289 e. The summed E-state index contributed by atoms with van der Waals surface area (Å²) in [5.74, 6) is -0.504. The Morgan fingerprint density at radius 3 is 2.39 bits per heavy atom. The van der Waals surface area contributed by atoms with Gasteiger partial charge in [-0.15, -0.1) is 11.3 Å². The SMILES string of the molecule is Nc1c(C(=O)Nc2ccc(Cl)c([N+](=O)[O-])c2)sc2nc(-c3ccccc3)cc(-c3ccc(Cl)cc3)c12. The average Bonchev–Trinajstić information content (AvgIpc) is 3.22. The molecule has 0 aliphatic carbocycles. The van der Waals surface area contributed by atoms with Crippen LogP contribution in [0.2, 0.25) is 10.0 Å². The van der Waals surface area contributed by atoms with E-state index in [0.29, 0.717) is 15.2 Å². The number of nitrogens with two attached hydrogens (primary N) is 1. The molecule has 0 aliphatic heterocycles. The highest BCUT2D eigenvalue weighted by atomic mass is 35.5. The highest BCUT2D eigenvalue weighted by molar-refractivity contribution is 7.21. The van der Waals surface area contributed by atoms with Crippen LogP contribution >= 0.6 is 34.5 Å². The molecule has 0 aliphatic rings. The molecule has 0 fully saturated rings. The molecule has 36 heavy (non-hydrogen) atoms. The highest BCUT2D eigenvalue weighted by Crippen LogP contribution is 2.42. The number of carbonyl (C=O) groups excluding carboxylic acids is 1. The number of hydrogen-bond acceptors (Lipinski definition) is 6. The van der Waals surface area contributed by atoms with Crippen molar-refractivity contribution in [1.82, 2.24) is 4.98 Å². The van der Waals surface area contributed by atoms with Crippen molar-refractivity contribution in [2.75, 3.05) is 11.1 Å². The van der Waals surface area contributed by atoms with Crippen molar-refractivity contribution in [2.24, 2.45) is 0 Å². The molecule has 3 N–H and O–H groups in total. The third-order valence-corrected chi connectivity index (χ3v) is 7.20. The molecular formula is C26H16Cl2N4O3S. The van der Waals surface area contributed by atoms with Gasteiger partial charge in [0.05, 0.1) is 16.3 Å². The first kappa shape index (κ1) is 23.7. The van der Waals surface area contributed by atoms with E-state index >= 15 is 0 Å². The fourth-order valence-corrected chi connectivity index (χ4v) is 5.15. The minimum absolute atomic E-state index is 0.0235. The lowest BCUT2D eigenvalue weighted by Gasteiger charge is -2.09. The predicted molar refractivity (Wildman–Crippen MR) is 146 cm³/mol. The van der Waals surface area contributed by atoms with Crippen molar-refractivity contribution >= 4 is 67.7 Å². The largest absolute Gasteiger partial charge is 0.397 e. The highest BCUT2D eigenvalue weighted by Gasteiger charge is 2.23. The number of carbonyl (C=O) groups is 1. The van der Waals surface area contributed by atoms with Crippen LogP contribution in [0.15, 0.2) is 78.9 Å². The lowest BCUT2D eigenvalue weighted by atomic mass is 9.99. The van der Waals surface area contributed by atoms with Crippen LogP contribution < -0.4 is 11.1 Å². The molecule has 7 nitrogen and oxygen atoms in total. The number of rotatable bonds is 5. The van der Waals surface area contributed by atoms with Crippen molar-refractivity contribution in [3.05, 3.63) is 104 Å². The Morgan fingerprint density at radius 1 is 0.972 bits per heavy atom. The second-order valence-corrected chi connectivity index (χ2v) is 9.67. The smallest absolute Gasteiger partial charge is 0.289 e. The van der Waals surface area contributed by atoms with E-state index in [2.05, 4.69) is 5.32 Å². The van der Waals surface area contributed by atoms with Crippen LogP contribution in [-0.4, -0.2) is 15.8 Å². The first-order chi connectivity index (χ1) is 17.3. The summed E-state index contributed by atoms with van der Waals surface area (Å²) >= 11 is 13.1. The first-order valence-electron chi connectivity index (χ1n) is 10.6. The van der Waals surface area contributed by atoms with Crippen molar-refractivity contribution < 1.29 is 9.72 Å². The Bertz CT molecular complexity index is 1640. The minimum Gasteiger partial charge on any atom is -0.397 e. The number of nitrogens with one attached hydrogen (secondary N) is 1. The maximum absolute atomic E-state index is 13.2. The molecule has 1 amide bonds. The Morgan fingerprint density at radius 2 is 1.69 bits per heavy atom. The number of nitrogens with zero attached hydrogens (tertiary/aromatic N) is 2. The molecular weight excluding hydrogens is 519 g/mol. The van der Waals surface area contributed by atoms with E-state index in [9.17, 15) is 14.9 Å². The maximum atomic E-state index is 13.2. The summed E-state index contributed by atoms with van der Waals surface area (Å²) in [6.07, 6.45) is 0. The molecule has 178 valence electrons. The van der Waals surface area contributed by atoms with E-state index in [1.54, 1.807) is 12.1 Å². The summed E-state index contributed by atoms with van der Waals surface area (Å²) in [5.41, 5.74) is 10.0. The second-order valence-electron chi connectivity index (χ2n) is 7.83. The van der Waals surface area contributed by atoms with Gasteiger partial charge in [-0.25, -0.2) is 4.98 Å². The van der Waals surface area contributed by atoms with E-state index in [4.69, 9.17) is 33.9 Å². The van der Waals surface area contributed by atoms with Gasteiger partial charge in [0.2, 0.25) is 0 Å². The van der Waals surface area contributed by atoms with Gasteiger partial charge in [-0.3, -0.25) is 14.9 Å². The molecule has 10 heteroatoms. The first-order valence-corrected chi connectivity index (χ1v) is 12.2. The minimum atomic E-state index is -0.612. The van der Waals surface area contributed by atoms with Gasteiger partial charge in [-0.05, 0) is 41.5 Å². The zero-order chi connectivity index (χ0) is 25.4. The number of thiophene rings is 1. The summed E-state index contributed by atoms with van der Waals surface area (Å²) in [6, 6.07) is 23.0. The van der Waals surface area contributed by atoms with Gasteiger partial charge < -0.3 is 11.1 Å². The van der Waals surface area contributed by atoms with E-state index in [1.165, 1.54) is 18.2 Å². The summed E-state index contributed by atoms with van der Waals surface area (Å²) in [5, 5.41) is 15.1. The van der Waals surface area contributed by atoms with Gasteiger partial charge >= 0.3 is 0 Å². The van der Waals surface area contributed by atoms with Crippen molar-refractivity contribution in [1.29, 1.82) is 0 Å². The quantitative estimate of drug-likeness (QED) is 0.177. The molecule has 0 saturated heterocycles. The number of nitrogen functional groups attached to an aromatic ring is 1.